The first-order valence-corrected chi connectivity index (χ1v) is 11.0. The lowest BCUT2D eigenvalue weighted by molar-refractivity contribution is -0.140. The Balaban J connectivity index is 1.72. The first-order valence-electron chi connectivity index (χ1n) is 10.2. The van der Waals surface area contributed by atoms with Crippen LogP contribution in [-0.2, 0) is 10.5 Å². The fourth-order valence-corrected chi connectivity index (χ4v) is 4.69. The van der Waals surface area contributed by atoms with E-state index < -0.39 is 17.7 Å². The molecule has 2 aliphatic heterocycles. The maximum atomic E-state index is 13.5. The molecule has 0 bridgehead atoms. The number of amides is 3. The Morgan fingerprint density at radius 1 is 1.30 bits per heavy atom. The van der Waals surface area contributed by atoms with Gasteiger partial charge in [0.25, 0.3) is 11.6 Å². The molecular weight excluding hydrogens is 448 g/mol. The number of fused-ring (bicyclic) bond motifs is 1. The number of para-hydroxylation sites is 1. The van der Waals surface area contributed by atoms with Crippen molar-refractivity contribution in [2.75, 3.05) is 29.9 Å². The highest BCUT2D eigenvalue weighted by Crippen LogP contribution is 2.41. The number of nitrogens with zero attached hydrogens (tertiary/aromatic N) is 2. The van der Waals surface area contributed by atoms with Gasteiger partial charge in [-0.3, -0.25) is 14.6 Å². The van der Waals surface area contributed by atoms with Gasteiger partial charge in [0.2, 0.25) is 0 Å². The average molecular weight is 473 g/mol. The van der Waals surface area contributed by atoms with Crippen LogP contribution in [0.4, 0.5) is 16.2 Å². The number of rotatable bonds is 5. The zero-order valence-electron chi connectivity index (χ0n) is 16.8. The highest BCUT2D eigenvalue weighted by atomic mass is 79.9. The summed E-state index contributed by atoms with van der Waals surface area (Å²) in [5.74, 6) is -0.622. The Bertz CT molecular complexity index is 955. The maximum absolute atomic E-state index is 13.5. The second kappa shape index (κ2) is 8.37. The number of likely N-dealkylation sites (N-methyl/N-ethyl adjacent to an activating group) is 1. The van der Waals surface area contributed by atoms with E-state index in [9.17, 15) is 14.7 Å². The molecule has 2 aromatic carbocycles. The molecule has 2 atom stereocenters. The Morgan fingerprint density at radius 2 is 2.07 bits per heavy atom. The molecule has 1 saturated heterocycles. The number of aliphatic hydroxyl groups is 1. The van der Waals surface area contributed by atoms with Gasteiger partial charge >= 0.3 is 6.03 Å². The molecule has 0 saturated carbocycles. The van der Waals surface area contributed by atoms with Crippen molar-refractivity contribution in [2.24, 2.45) is 0 Å². The van der Waals surface area contributed by atoms with Crippen LogP contribution in [0.15, 0.2) is 53.0 Å². The summed E-state index contributed by atoms with van der Waals surface area (Å²) in [6.07, 6.45) is 2.09. The second-order valence-electron chi connectivity index (χ2n) is 7.60. The van der Waals surface area contributed by atoms with Gasteiger partial charge in [-0.05, 0) is 56.3 Å². The first kappa shape index (κ1) is 20.8. The standard InChI is InChI=1S/C22H25BrN4O3/c1-2-26-12-6-9-17(26)14-24-20(28)22(30)18-13-15(23)10-11-19(18)25-21(29)27(22)16-7-4-3-5-8-16/h3-5,7-8,10-11,13,17,30H,2,6,9,12,14H2,1H3,(H,24,28)(H,25,29)/t17-,22+/m0/s1. The molecule has 3 amide bonds. The number of halogens is 1. The number of anilines is 2. The van der Waals surface area contributed by atoms with Crippen LogP contribution in [-0.4, -0.2) is 47.6 Å². The van der Waals surface area contributed by atoms with Crippen LogP contribution in [0.1, 0.15) is 25.3 Å². The molecular formula is C22H25BrN4O3. The lowest BCUT2D eigenvalue weighted by Crippen LogP contribution is -2.63. The molecule has 3 N–H and O–H groups in total. The van der Waals surface area contributed by atoms with Crippen LogP contribution in [0.25, 0.3) is 0 Å². The van der Waals surface area contributed by atoms with Gasteiger partial charge in [0.1, 0.15) is 0 Å². The summed E-state index contributed by atoms with van der Waals surface area (Å²) in [6.45, 7) is 4.45. The summed E-state index contributed by atoms with van der Waals surface area (Å²) in [7, 11) is 0. The molecule has 0 unspecified atom stereocenters. The second-order valence-corrected chi connectivity index (χ2v) is 8.51. The van der Waals surface area contributed by atoms with Crippen LogP contribution in [0.5, 0.6) is 0 Å². The van der Waals surface area contributed by atoms with Crippen molar-refractivity contribution < 1.29 is 14.7 Å². The molecule has 158 valence electrons. The lowest BCUT2D eigenvalue weighted by atomic mass is 9.94. The maximum Gasteiger partial charge on any atom is 0.329 e. The van der Waals surface area contributed by atoms with Crippen molar-refractivity contribution in [2.45, 2.75) is 31.5 Å². The largest absolute Gasteiger partial charge is 0.359 e. The summed E-state index contributed by atoms with van der Waals surface area (Å²) in [5, 5.41) is 17.5. The van der Waals surface area contributed by atoms with Gasteiger partial charge < -0.3 is 15.7 Å². The van der Waals surface area contributed by atoms with E-state index in [4.69, 9.17) is 0 Å². The SMILES string of the molecule is CCN1CCC[C@H]1CNC(=O)[C@]1(O)c2cc(Br)ccc2NC(=O)N1c1ccccc1. The van der Waals surface area contributed by atoms with E-state index in [0.29, 0.717) is 28.0 Å². The van der Waals surface area contributed by atoms with E-state index in [-0.39, 0.29) is 6.04 Å². The van der Waals surface area contributed by atoms with E-state index >= 15 is 0 Å². The van der Waals surface area contributed by atoms with Gasteiger partial charge in [-0.2, -0.15) is 0 Å². The molecule has 2 heterocycles. The third kappa shape index (κ3) is 3.59. The fraction of sp³-hybridized carbons (Fsp3) is 0.364. The molecule has 2 aromatic rings. The number of carbonyl (C=O) groups excluding carboxylic acids is 2. The van der Waals surface area contributed by atoms with Crippen LogP contribution >= 0.6 is 15.9 Å². The minimum Gasteiger partial charge on any atom is -0.359 e. The van der Waals surface area contributed by atoms with Crippen molar-refractivity contribution in [1.29, 1.82) is 0 Å². The van der Waals surface area contributed by atoms with Gasteiger partial charge in [0.15, 0.2) is 0 Å². The molecule has 0 aliphatic carbocycles. The molecule has 0 spiro atoms. The van der Waals surface area contributed by atoms with Gasteiger partial charge in [0, 0.05) is 28.3 Å². The lowest BCUT2D eigenvalue weighted by Gasteiger charge is -2.43. The number of urea groups is 1. The van der Waals surface area contributed by atoms with E-state index in [1.54, 1.807) is 42.5 Å². The Kier molecular flexibility index (Phi) is 5.81. The predicted molar refractivity (Wildman–Crippen MR) is 119 cm³/mol. The summed E-state index contributed by atoms with van der Waals surface area (Å²) in [6, 6.07) is 13.5. The monoisotopic (exact) mass is 472 g/mol. The summed E-state index contributed by atoms with van der Waals surface area (Å²) < 4.78 is 0.699. The van der Waals surface area contributed by atoms with Crippen molar-refractivity contribution in [3.8, 4) is 0 Å². The van der Waals surface area contributed by atoms with Crippen LogP contribution in [0.3, 0.4) is 0 Å². The molecule has 0 aromatic heterocycles. The van der Waals surface area contributed by atoms with E-state index in [2.05, 4.69) is 38.4 Å². The Labute approximate surface area is 184 Å². The molecule has 4 rings (SSSR count). The molecule has 30 heavy (non-hydrogen) atoms. The highest BCUT2D eigenvalue weighted by Gasteiger charge is 2.52. The number of likely N-dealkylation sites (tertiary alicyclic amines) is 1. The van der Waals surface area contributed by atoms with Crippen molar-refractivity contribution in [1.82, 2.24) is 10.2 Å². The van der Waals surface area contributed by atoms with Crippen molar-refractivity contribution in [3.63, 3.8) is 0 Å². The molecule has 7 nitrogen and oxygen atoms in total. The molecule has 1 fully saturated rings. The zero-order valence-corrected chi connectivity index (χ0v) is 18.4. The minimum absolute atomic E-state index is 0.229. The van der Waals surface area contributed by atoms with Crippen LogP contribution in [0.2, 0.25) is 0 Å². The predicted octanol–water partition coefficient (Wildman–Crippen LogP) is 3.25. The summed E-state index contributed by atoms with van der Waals surface area (Å²) >= 11 is 3.41. The van der Waals surface area contributed by atoms with Gasteiger partial charge in [0.05, 0.1) is 5.69 Å². The third-order valence-electron chi connectivity index (χ3n) is 5.86. The topological polar surface area (TPSA) is 84.9 Å². The third-order valence-corrected chi connectivity index (χ3v) is 6.35. The van der Waals surface area contributed by atoms with Gasteiger partial charge in [-0.15, -0.1) is 0 Å². The molecule has 8 heteroatoms. The smallest absolute Gasteiger partial charge is 0.329 e. The number of hydrogen-bond acceptors (Lipinski definition) is 4. The van der Waals surface area contributed by atoms with E-state index in [0.717, 1.165) is 30.8 Å². The number of carbonyl (C=O) groups is 2. The molecule has 0 radical (unpaired) electrons. The minimum atomic E-state index is -2.18. The fourth-order valence-electron chi connectivity index (χ4n) is 4.33. The number of nitrogens with one attached hydrogen (secondary N) is 2. The summed E-state index contributed by atoms with van der Waals surface area (Å²) in [5.41, 5.74) is -1.03. The van der Waals surface area contributed by atoms with Crippen molar-refractivity contribution >= 4 is 39.2 Å². The summed E-state index contributed by atoms with van der Waals surface area (Å²) in [4.78, 5) is 29.9. The van der Waals surface area contributed by atoms with Crippen LogP contribution < -0.4 is 15.5 Å². The van der Waals surface area contributed by atoms with Crippen LogP contribution in [0, 0.1) is 0 Å². The number of hydrogen-bond donors (Lipinski definition) is 3. The van der Waals surface area contributed by atoms with Gasteiger partial charge in [-0.25, -0.2) is 4.79 Å². The molecule has 2 aliphatic rings. The Morgan fingerprint density at radius 3 is 2.80 bits per heavy atom. The Hall–Kier alpha value is -2.42. The van der Waals surface area contributed by atoms with E-state index in [1.807, 2.05) is 6.07 Å². The van der Waals surface area contributed by atoms with Gasteiger partial charge in [-0.1, -0.05) is 41.1 Å². The quantitative estimate of drug-likeness (QED) is 0.623. The number of benzene rings is 2. The normalized spacial score (nSPS) is 23.8. The average Bonchev–Trinajstić information content (AvgIpc) is 3.21. The zero-order chi connectivity index (χ0) is 21.3. The first-order chi connectivity index (χ1) is 14.4. The van der Waals surface area contributed by atoms with E-state index in [1.165, 1.54) is 0 Å². The highest BCUT2D eigenvalue weighted by molar-refractivity contribution is 9.10. The van der Waals surface area contributed by atoms with Crippen molar-refractivity contribution in [3.05, 3.63) is 58.6 Å².